The minimum atomic E-state index is -0.707. The number of allylic oxidation sites excluding steroid dienone is 3. The number of Topliss-reactive ketones (excluding diaryl/α,β-unsaturated/α-hetero) is 1. The Kier molecular flexibility index (Phi) is 8.52. The highest BCUT2D eigenvalue weighted by molar-refractivity contribution is 6.04. The van der Waals surface area contributed by atoms with Crippen LogP contribution in [-0.4, -0.2) is 44.8 Å². The van der Waals surface area contributed by atoms with E-state index in [0.717, 1.165) is 16.8 Å². The van der Waals surface area contributed by atoms with Gasteiger partial charge in [-0.2, -0.15) is 0 Å². The SMILES string of the molecule is COc1ccc([C@H]2C(C(=O)OCCc3ccccc3)=C(C)NC3=C2C(=O)C[C@@H](c2ccc(OC)c(OC)c2)C3)cc1O. The molecule has 0 saturated heterocycles. The Labute approximate surface area is 245 Å². The Bertz CT molecular complexity index is 1560. The molecule has 3 aromatic rings. The van der Waals surface area contributed by atoms with Crippen LogP contribution < -0.4 is 19.5 Å². The molecule has 1 heterocycles. The molecular formula is C34H35NO7. The van der Waals surface area contributed by atoms with Gasteiger partial charge in [0, 0.05) is 35.7 Å². The Hall–Kier alpha value is -4.72. The maximum Gasteiger partial charge on any atom is 0.336 e. The van der Waals surface area contributed by atoms with Crippen molar-refractivity contribution in [2.24, 2.45) is 0 Å². The van der Waals surface area contributed by atoms with E-state index in [1.54, 1.807) is 32.4 Å². The lowest BCUT2D eigenvalue weighted by Crippen LogP contribution is -2.36. The number of nitrogens with one attached hydrogen (secondary N) is 1. The van der Waals surface area contributed by atoms with Gasteiger partial charge in [-0.1, -0.05) is 42.5 Å². The number of hydrogen-bond acceptors (Lipinski definition) is 8. The average molecular weight is 570 g/mol. The molecule has 2 atom stereocenters. The summed E-state index contributed by atoms with van der Waals surface area (Å²) in [5, 5.41) is 14.0. The van der Waals surface area contributed by atoms with Crippen molar-refractivity contribution in [3.8, 4) is 23.0 Å². The number of rotatable bonds is 9. The molecule has 3 aromatic carbocycles. The number of hydrogen-bond donors (Lipinski definition) is 2. The third-order valence-electron chi connectivity index (χ3n) is 7.93. The molecule has 218 valence electrons. The van der Waals surface area contributed by atoms with E-state index in [2.05, 4.69) is 5.32 Å². The Morgan fingerprint density at radius 1 is 0.881 bits per heavy atom. The number of phenols is 1. The highest BCUT2D eigenvalue weighted by Crippen LogP contribution is 2.47. The predicted molar refractivity (Wildman–Crippen MR) is 158 cm³/mol. The van der Waals surface area contributed by atoms with E-state index in [1.807, 2.05) is 55.5 Å². The number of esters is 1. The van der Waals surface area contributed by atoms with Gasteiger partial charge >= 0.3 is 5.97 Å². The van der Waals surface area contributed by atoms with Crippen LogP contribution in [0.25, 0.3) is 0 Å². The van der Waals surface area contributed by atoms with Gasteiger partial charge in [-0.25, -0.2) is 4.79 Å². The van der Waals surface area contributed by atoms with Gasteiger partial charge in [0.2, 0.25) is 0 Å². The molecule has 42 heavy (non-hydrogen) atoms. The number of ether oxygens (including phenoxy) is 4. The lowest BCUT2D eigenvalue weighted by atomic mass is 9.71. The normalized spacial score (nSPS) is 18.2. The number of methoxy groups -OCH3 is 3. The van der Waals surface area contributed by atoms with Crippen molar-refractivity contribution >= 4 is 11.8 Å². The quantitative estimate of drug-likeness (QED) is 0.323. The van der Waals surface area contributed by atoms with E-state index in [4.69, 9.17) is 18.9 Å². The highest BCUT2D eigenvalue weighted by atomic mass is 16.5. The van der Waals surface area contributed by atoms with Crippen molar-refractivity contribution in [1.82, 2.24) is 5.32 Å². The standard InChI is InChI=1S/C34H35NO7/c1-20-31(34(38)42-15-14-21-8-6-5-7-9-21)32(23-11-12-28(39-2)26(36)17-23)33-25(35-20)16-24(18-27(33)37)22-10-13-29(40-3)30(19-22)41-4/h5-13,17,19,24,32,35-36H,14-16,18H2,1-4H3/t24-,32-/m0/s1. The second kappa shape index (κ2) is 12.4. The van der Waals surface area contributed by atoms with Crippen LogP contribution in [-0.2, 0) is 20.7 Å². The first-order chi connectivity index (χ1) is 20.3. The van der Waals surface area contributed by atoms with Crippen LogP contribution in [0.3, 0.4) is 0 Å². The Morgan fingerprint density at radius 3 is 2.26 bits per heavy atom. The summed E-state index contributed by atoms with van der Waals surface area (Å²) >= 11 is 0. The zero-order valence-electron chi connectivity index (χ0n) is 24.2. The molecule has 0 radical (unpaired) electrons. The molecule has 0 fully saturated rings. The van der Waals surface area contributed by atoms with Gasteiger partial charge in [0.05, 0.1) is 33.5 Å². The first kappa shape index (κ1) is 28.8. The molecule has 0 amide bonds. The van der Waals surface area contributed by atoms with Crippen LogP contribution >= 0.6 is 0 Å². The predicted octanol–water partition coefficient (Wildman–Crippen LogP) is 5.57. The number of ketones is 1. The molecule has 5 rings (SSSR count). The Morgan fingerprint density at radius 2 is 1.57 bits per heavy atom. The fourth-order valence-electron chi connectivity index (χ4n) is 5.86. The van der Waals surface area contributed by atoms with Crippen molar-refractivity contribution in [2.75, 3.05) is 27.9 Å². The van der Waals surface area contributed by atoms with Crippen LogP contribution in [0.4, 0.5) is 0 Å². The van der Waals surface area contributed by atoms with Crippen LogP contribution in [0.1, 0.15) is 48.3 Å². The second-order valence-electron chi connectivity index (χ2n) is 10.4. The van der Waals surface area contributed by atoms with Crippen LogP contribution in [0, 0.1) is 0 Å². The maximum absolute atomic E-state index is 13.9. The molecule has 0 spiro atoms. The summed E-state index contributed by atoms with van der Waals surface area (Å²) in [5.74, 6) is 0.0645. The smallest absolute Gasteiger partial charge is 0.336 e. The van der Waals surface area contributed by atoms with Crippen molar-refractivity contribution in [2.45, 2.75) is 38.0 Å². The lowest BCUT2D eigenvalue weighted by Gasteiger charge is -2.37. The summed E-state index contributed by atoms with van der Waals surface area (Å²) in [6, 6.07) is 20.5. The van der Waals surface area contributed by atoms with E-state index in [1.165, 1.54) is 7.11 Å². The summed E-state index contributed by atoms with van der Waals surface area (Å²) < 4.78 is 21.9. The van der Waals surface area contributed by atoms with Crippen LogP contribution in [0.15, 0.2) is 89.3 Å². The molecule has 2 N–H and O–H groups in total. The summed E-state index contributed by atoms with van der Waals surface area (Å²) in [6.45, 7) is 2.01. The largest absolute Gasteiger partial charge is 0.504 e. The molecule has 0 aromatic heterocycles. The van der Waals surface area contributed by atoms with Gasteiger partial charge < -0.3 is 29.4 Å². The van der Waals surface area contributed by atoms with Crippen molar-refractivity contribution in [1.29, 1.82) is 0 Å². The van der Waals surface area contributed by atoms with Gasteiger partial charge in [-0.15, -0.1) is 0 Å². The van der Waals surface area contributed by atoms with E-state index in [9.17, 15) is 14.7 Å². The van der Waals surface area contributed by atoms with Gasteiger partial charge in [0.25, 0.3) is 0 Å². The fourth-order valence-corrected chi connectivity index (χ4v) is 5.86. The summed E-state index contributed by atoms with van der Waals surface area (Å²) in [5.41, 5.74) is 4.85. The minimum Gasteiger partial charge on any atom is -0.504 e. The van der Waals surface area contributed by atoms with E-state index >= 15 is 0 Å². The minimum absolute atomic E-state index is 0.0726. The van der Waals surface area contributed by atoms with Gasteiger partial charge in [0.15, 0.2) is 28.8 Å². The molecule has 0 unspecified atom stereocenters. The molecule has 1 aliphatic heterocycles. The summed E-state index contributed by atoms with van der Waals surface area (Å²) in [6.07, 6.45) is 1.38. The lowest BCUT2D eigenvalue weighted by molar-refractivity contribution is -0.139. The molecule has 8 nitrogen and oxygen atoms in total. The molecule has 2 aliphatic rings. The zero-order chi connectivity index (χ0) is 29.8. The fraction of sp³-hybridized carbons (Fsp3) is 0.294. The molecule has 0 bridgehead atoms. The van der Waals surface area contributed by atoms with E-state index < -0.39 is 11.9 Å². The topological polar surface area (TPSA) is 103 Å². The van der Waals surface area contributed by atoms with Gasteiger partial charge in [-0.05, 0) is 60.2 Å². The maximum atomic E-state index is 13.9. The van der Waals surface area contributed by atoms with E-state index in [0.29, 0.717) is 52.5 Å². The molecule has 1 aliphatic carbocycles. The molecule has 8 heteroatoms. The second-order valence-corrected chi connectivity index (χ2v) is 10.4. The van der Waals surface area contributed by atoms with E-state index in [-0.39, 0.29) is 30.5 Å². The number of dihydropyridines is 1. The number of phenolic OH excluding ortho intramolecular Hbond substituents is 1. The summed E-state index contributed by atoms with van der Waals surface area (Å²) in [4.78, 5) is 27.6. The number of aromatic hydroxyl groups is 1. The first-order valence-electron chi connectivity index (χ1n) is 13.9. The first-order valence-corrected chi connectivity index (χ1v) is 13.9. The number of carbonyl (C=O) groups is 2. The number of benzene rings is 3. The summed E-state index contributed by atoms with van der Waals surface area (Å²) in [7, 11) is 4.64. The van der Waals surface area contributed by atoms with Gasteiger partial charge in [0.1, 0.15) is 0 Å². The van der Waals surface area contributed by atoms with Crippen LogP contribution in [0.5, 0.6) is 23.0 Å². The van der Waals surface area contributed by atoms with Gasteiger partial charge in [-0.3, -0.25) is 4.79 Å². The third-order valence-corrected chi connectivity index (χ3v) is 7.93. The molecule has 0 saturated carbocycles. The number of carbonyl (C=O) groups excluding carboxylic acids is 2. The van der Waals surface area contributed by atoms with Crippen molar-refractivity contribution < 1.29 is 33.6 Å². The van der Waals surface area contributed by atoms with Crippen molar-refractivity contribution in [3.05, 3.63) is 106 Å². The van der Waals surface area contributed by atoms with Crippen molar-refractivity contribution in [3.63, 3.8) is 0 Å². The zero-order valence-corrected chi connectivity index (χ0v) is 24.2. The average Bonchev–Trinajstić information content (AvgIpc) is 3.00. The third kappa shape index (κ3) is 5.70. The molecular weight excluding hydrogens is 534 g/mol. The highest BCUT2D eigenvalue weighted by Gasteiger charge is 2.41. The Balaban J connectivity index is 1.49. The van der Waals surface area contributed by atoms with Crippen LogP contribution in [0.2, 0.25) is 0 Å². The monoisotopic (exact) mass is 569 g/mol.